The van der Waals surface area contributed by atoms with Gasteiger partial charge in [-0.05, 0) is 44.2 Å². The fourth-order valence-electron chi connectivity index (χ4n) is 2.40. The number of ether oxygens (including phenoxy) is 2. The molecule has 0 spiro atoms. The normalized spacial score (nSPS) is 10.9. The van der Waals surface area contributed by atoms with Crippen LogP contribution >= 0.6 is 0 Å². The van der Waals surface area contributed by atoms with Gasteiger partial charge in [-0.1, -0.05) is 36.4 Å². The second kappa shape index (κ2) is 9.08. The Kier molecular flexibility index (Phi) is 6.83. The largest absolute Gasteiger partial charge is 0.488 e. The highest BCUT2D eigenvalue weighted by Gasteiger charge is 2.11. The first-order valence-corrected chi connectivity index (χ1v) is 8.35. The van der Waals surface area contributed by atoms with E-state index in [0.717, 1.165) is 11.1 Å². The molecule has 2 rings (SSSR count). The lowest BCUT2D eigenvalue weighted by Gasteiger charge is -2.18. The van der Waals surface area contributed by atoms with Gasteiger partial charge in [-0.2, -0.15) is 0 Å². The van der Waals surface area contributed by atoms with Crippen LogP contribution in [0.15, 0.2) is 48.5 Å². The summed E-state index contributed by atoms with van der Waals surface area (Å²) in [4.78, 5) is 12.4. The Morgan fingerprint density at radius 1 is 1.08 bits per heavy atom. The van der Waals surface area contributed by atoms with Crippen molar-refractivity contribution in [3.63, 3.8) is 0 Å². The van der Waals surface area contributed by atoms with Crippen LogP contribution in [0.25, 0.3) is 11.1 Å². The van der Waals surface area contributed by atoms with Crippen molar-refractivity contribution in [3.05, 3.63) is 48.5 Å². The van der Waals surface area contributed by atoms with Gasteiger partial charge in [0.15, 0.2) is 11.5 Å². The summed E-state index contributed by atoms with van der Waals surface area (Å²) in [6.45, 7) is 4.85. The van der Waals surface area contributed by atoms with Gasteiger partial charge < -0.3 is 14.6 Å². The van der Waals surface area contributed by atoms with Crippen molar-refractivity contribution in [1.82, 2.24) is 4.90 Å². The Hall–Kier alpha value is -2.53. The maximum Gasteiger partial charge on any atom is 0.317 e. The van der Waals surface area contributed by atoms with Gasteiger partial charge in [0, 0.05) is 6.54 Å². The summed E-state index contributed by atoms with van der Waals surface area (Å²) in [5, 5.41) is 8.78. The van der Waals surface area contributed by atoms with E-state index in [4.69, 9.17) is 14.6 Å². The Morgan fingerprint density at radius 2 is 1.80 bits per heavy atom. The van der Waals surface area contributed by atoms with Gasteiger partial charge in [-0.3, -0.25) is 9.69 Å². The predicted octanol–water partition coefficient (Wildman–Crippen LogP) is 3.54. The Morgan fingerprint density at radius 3 is 2.44 bits per heavy atom. The highest BCUT2D eigenvalue weighted by atomic mass is 16.5. The summed E-state index contributed by atoms with van der Waals surface area (Å²) in [5.41, 5.74) is 2.18. The predicted molar refractivity (Wildman–Crippen MR) is 98.3 cm³/mol. The molecular formula is C20H25NO4. The third kappa shape index (κ3) is 6.12. The van der Waals surface area contributed by atoms with E-state index in [-0.39, 0.29) is 12.6 Å². The minimum absolute atomic E-state index is 0.00828. The van der Waals surface area contributed by atoms with Crippen molar-refractivity contribution in [2.75, 3.05) is 26.7 Å². The second-order valence-electron chi connectivity index (χ2n) is 6.17. The zero-order valence-corrected chi connectivity index (χ0v) is 14.9. The van der Waals surface area contributed by atoms with Gasteiger partial charge in [0.1, 0.15) is 6.61 Å². The average Bonchev–Trinajstić information content (AvgIpc) is 2.55. The number of nitrogens with zero attached hydrogens (tertiary/aromatic N) is 1. The molecule has 0 heterocycles. The molecule has 5 nitrogen and oxygen atoms in total. The van der Waals surface area contributed by atoms with Crippen molar-refractivity contribution in [1.29, 1.82) is 0 Å². The van der Waals surface area contributed by atoms with E-state index in [0.29, 0.717) is 24.7 Å². The first-order valence-electron chi connectivity index (χ1n) is 8.35. The van der Waals surface area contributed by atoms with E-state index in [9.17, 15) is 4.79 Å². The number of rotatable bonds is 9. The van der Waals surface area contributed by atoms with Crippen LogP contribution in [0.4, 0.5) is 0 Å². The zero-order chi connectivity index (χ0) is 18.2. The van der Waals surface area contributed by atoms with Gasteiger partial charge in [0.05, 0.1) is 12.6 Å². The van der Waals surface area contributed by atoms with Crippen molar-refractivity contribution in [2.24, 2.45) is 0 Å². The molecule has 134 valence electrons. The summed E-state index contributed by atoms with van der Waals surface area (Å²) >= 11 is 0. The molecule has 0 aromatic heterocycles. The topological polar surface area (TPSA) is 59.0 Å². The molecule has 0 atom stereocenters. The molecule has 0 aliphatic heterocycles. The van der Waals surface area contributed by atoms with Crippen molar-refractivity contribution in [3.8, 4) is 22.6 Å². The molecule has 0 aliphatic carbocycles. The third-order valence-corrected chi connectivity index (χ3v) is 3.55. The van der Waals surface area contributed by atoms with E-state index in [1.54, 1.807) is 11.9 Å². The summed E-state index contributed by atoms with van der Waals surface area (Å²) in [5.74, 6) is 0.507. The molecule has 0 saturated carbocycles. The first-order chi connectivity index (χ1) is 12.0. The quantitative estimate of drug-likeness (QED) is 0.755. The van der Waals surface area contributed by atoms with E-state index in [1.807, 2.05) is 50.2 Å². The molecule has 0 radical (unpaired) electrons. The summed E-state index contributed by atoms with van der Waals surface area (Å²) in [7, 11) is 1.75. The van der Waals surface area contributed by atoms with Crippen LogP contribution in [0.5, 0.6) is 11.5 Å². The van der Waals surface area contributed by atoms with E-state index in [2.05, 4.69) is 12.1 Å². The number of benzene rings is 2. The number of likely N-dealkylation sites (N-methyl/N-ethyl adjacent to an activating group) is 1. The molecule has 0 amide bonds. The fourth-order valence-corrected chi connectivity index (χ4v) is 2.40. The van der Waals surface area contributed by atoms with Gasteiger partial charge in [0.2, 0.25) is 0 Å². The molecule has 25 heavy (non-hydrogen) atoms. The number of aliphatic carboxylic acids is 1. The SMILES string of the molecule is CC(C)Oc1cc(-c2ccccc2)ccc1OCCN(C)CC(=O)O. The molecule has 0 saturated heterocycles. The van der Waals surface area contributed by atoms with Gasteiger partial charge in [-0.15, -0.1) is 0 Å². The standard InChI is InChI=1S/C20H25NO4/c1-15(2)25-19-13-17(16-7-5-4-6-8-16)9-10-18(19)24-12-11-21(3)14-20(22)23/h4-10,13,15H,11-12,14H2,1-3H3,(H,22,23). The maximum absolute atomic E-state index is 10.7. The molecule has 0 aliphatic rings. The Balaban J connectivity index is 2.10. The van der Waals surface area contributed by atoms with Gasteiger partial charge in [0.25, 0.3) is 0 Å². The van der Waals surface area contributed by atoms with Gasteiger partial charge in [-0.25, -0.2) is 0 Å². The van der Waals surface area contributed by atoms with Gasteiger partial charge >= 0.3 is 5.97 Å². The first kappa shape index (κ1) is 18.8. The minimum atomic E-state index is -0.849. The lowest BCUT2D eigenvalue weighted by Crippen LogP contribution is -2.29. The summed E-state index contributed by atoms with van der Waals surface area (Å²) in [6, 6.07) is 16.0. The Labute approximate surface area is 148 Å². The van der Waals surface area contributed by atoms with Crippen LogP contribution in [0, 0.1) is 0 Å². The zero-order valence-electron chi connectivity index (χ0n) is 14.9. The van der Waals surface area contributed by atoms with Crippen LogP contribution in [0.2, 0.25) is 0 Å². The number of hydrogen-bond donors (Lipinski definition) is 1. The summed E-state index contributed by atoms with van der Waals surface area (Å²) < 4.78 is 11.7. The van der Waals surface area contributed by atoms with Crippen LogP contribution in [-0.2, 0) is 4.79 Å². The highest BCUT2D eigenvalue weighted by molar-refractivity contribution is 5.69. The maximum atomic E-state index is 10.7. The molecule has 0 bridgehead atoms. The molecule has 1 N–H and O–H groups in total. The lowest BCUT2D eigenvalue weighted by atomic mass is 10.1. The minimum Gasteiger partial charge on any atom is -0.488 e. The van der Waals surface area contributed by atoms with Crippen molar-refractivity contribution >= 4 is 5.97 Å². The molecule has 5 heteroatoms. The number of carbonyl (C=O) groups is 1. The number of carboxylic acid groups (broad SMARTS) is 1. The fraction of sp³-hybridized carbons (Fsp3) is 0.350. The molecular weight excluding hydrogens is 318 g/mol. The molecule has 0 fully saturated rings. The van der Waals surface area contributed by atoms with Crippen molar-refractivity contribution < 1.29 is 19.4 Å². The lowest BCUT2D eigenvalue weighted by molar-refractivity contribution is -0.138. The molecule has 2 aromatic carbocycles. The second-order valence-corrected chi connectivity index (χ2v) is 6.17. The highest BCUT2D eigenvalue weighted by Crippen LogP contribution is 2.33. The van der Waals surface area contributed by atoms with E-state index >= 15 is 0 Å². The van der Waals surface area contributed by atoms with Crippen LogP contribution in [-0.4, -0.2) is 48.8 Å². The van der Waals surface area contributed by atoms with Crippen LogP contribution in [0.1, 0.15) is 13.8 Å². The average molecular weight is 343 g/mol. The molecule has 0 unspecified atom stereocenters. The van der Waals surface area contributed by atoms with E-state index < -0.39 is 5.97 Å². The third-order valence-electron chi connectivity index (χ3n) is 3.55. The summed E-state index contributed by atoms with van der Waals surface area (Å²) in [6.07, 6.45) is 0.0306. The number of hydrogen-bond acceptors (Lipinski definition) is 4. The molecule has 2 aromatic rings. The van der Waals surface area contributed by atoms with Crippen LogP contribution in [0.3, 0.4) is 0 Å². The Bertz CT molecular complexity index is 685. The smallest absolute Gasteiger partial charge is 0.317 e. The monoisotopic (exact) mass is 343 g/mol. The van der Waals surface area contributed by atoms with Crippen LogP contribution < -0.4 is 9.47 Å². The van der Waals surface area contributed by atoms with Crippen molar-refractivity contribution in [2.45, 2.75) is 20.0 Å². The van der Waals surface area contributed by atoms with E-state index in [1.165, 1.54) is 0 Å². The number of carboxylic acids is 1.